The normalized spacial score (nSPS) is 17.5. The Kier molecular flexibility index (Phi) is 5.41. The number of hydrogen-bond acceptors (Lipinski definition) is 3. The first-order valence-electron chi connectivity index (χ1n) is 7.26. The van der Waals surface area contributed by atoms with E-state index in [-0.39, 0.29) is 5.91 Å². The number of aryl methyl sites for hydroxylation is 2. The largest absolute Gasteiger partial charge is 0.384 e. The summed E-state index contributed by atoms with van der Waals surface area (Å²) in [7, 11) is 1.66. The van der Waals surface area contributed by atoms with Gasteiger partial charge in [0, 0.05) is 17.3 Å². The molecule has 1 aliphatic rings. The van der Waals surface area contributed by atoms with E-state index in [2.05, 4.69) is 26.6 Å². The van der Waals surface area contributed by atoms with Crippen LogP contribution in [-0.4, -0.2) is 32.7 Å². The molecular weight excluding hydrogens is 332 g/mol. The van der Waals surface area contributed by atoms with E-state index >= 15 is 0 Å². The maximum Gasteiger partial charge on any atom is 0.233 e. The molecule has 116 valence electrons. The maximum absolute atomic E-state index is 12.8. The molecule has 1 aromatic carbocycles. The molecule has 0 spiro atoms. The van der Waals surface area contributed by atoms with Gasteiger partial charge in [-0.25, -0.2) is 0 Å². The van der Waals surface area contributed by atoms with Gasteiger partial charge in [0.05, 0.1) is 12.0 Å². The third-order valence-corrected chi connectivity index (χ3v) is 5.41. The van der Waals surface area contributed by atoms with Crippen molar-refractivity contribution >= 4 is 27.5 Å². The number of rotatable bonds is 4. The highest BCUT2D eigenvalue weighted by atomic mass is 79.9. The van der Waals surface area contributed by atoms with Crippen LogP contribution in [0.4, 0.5) is 5.69 Å². The van der Waals surface area contributed by atoms with Gasteiger partial charge in [0.1, 0.15) is 0 Å². The number of halogens is 1. The van der Waals surface area contributed by atoms with Gasteiger partial charge in [-0.3, -0.25) is 4.79 Å². The molecule has 1 saturated heterocycles. The standard InChI is InChI=1S/C16H23BrN2O2/c1-11-8-13(9-12(2)14(11)17)19-15(20)16(10-21-3)4-6-18-7-5-16/h8-9,18H,4-7,10H2,1-3H3,(H,19,20). The van der Waals surface area contributed by atoms with Gasteiger partial charge >= 0.3 is 0 Å². The number of carbonyl (C=O) groups is 1. The summed E-state index contributed by atoms with van der Waals surface area (Å²) in [6, 6.07) is 3.99. The fourth-order valence-electron chi connectivity index (χ4n) is 2.90. The minimum Gasteiger partial charge on any atom is -0.384 e. The third kappa shape index (κ3) is 3.65. The van der Waals surface area contributed by atoms with Gasteiger partial charge in [-0.1, -0.05) is 15.9 Å². The lowest BCUT2D eigenvalue weighted by Gasteiger charge is -2.35. The molecule has 5 heteroatoms. The van der Waals surface area contributed by atoms with Gasteiger partial charge < -0.3 is 15.4 Å². The average molecular weight is 355 g/mol. The Hall–Kier alpha value is -0.910. The van der Waals surface area contributed by atoms with Crippen molar-refractivity contribution in [3.05, 3.63) is 27.7 Å². The molecule has 0 atom stereocenters. The van der Waals surface area contributed by atoms with E-state index in [1.54, 1.807) is 7.11 Å². The van der Waals surface area contributed by atoms with Crippen LogP contribution in [0, 0.1) is 19.3 Å². The summed E-state index contributed by atoms with van der Waals surface area (Å²) in [5.41, 5.74) is 2.68. The fraction of sp³-hybridized carbons (Fsp3) is 0.562. The van der Waals surface area contributed by atoms with Crippen molar-refractivity contribution in [1.82, 2.24) is 5.32 Å². The van der Waals surface area contributed by atoms with Crippen molar-refractivity contribution in [3.63, 3.8) is 0 Å². The Morgan fingerprint density at radius 2 is 1.90 bits per heavy atom. The summed E-state index contributed by atoms with van der Waals surface area (Å²) >= 11 is 3.55. The lowest BCUT2D eigenvalue weighted by atomic mass is 9.78. The quantitative estimate of drug-likeness (QED) is 0.873. The van der Waals surface area contributed by atoms with Crippen molar-refractivity contribution in [2.75, 3.05) is 32.1 Å². The minimum atomic E-state index is -0.422. The number of ether oxygens (including phenoxy) is 1. The van der Waals surface area contributed by atoms with Gasteiger partial charge in [-0.2, -0.15) is 0 Å². The van der Waals surface area contributed by atoms with Crippen LogP contribution in [0.1, 0.15) is 24.0 Å². The van der Waals surface area contributed by atoms with Crippen LogP contribution in [0.5, 0.6) is 0 Å². The lowest BCUT2D eigenvalue weighted by molar-refractivity contribution is -0.130. The molecule has 0 aromatic heterocycles. The Morgan fingerprint density at radius 3 is 2.43 bits per heavy atom. The Balaban J connectivity index is 2.19. The van der Waals surface area contributed by atoms with E-state index in [9.17, 15) is 4.79 Å². The molecule has 2 rings (SSSR count). The van der Waals surface area contributed by atoms with Crippen LogP contribution in [0.3, 0.4) is 0 Å². The first-order chi connectivity index (χ1) is 9.98. The van der Waals surface area contributed by atoms with E-state index in [1.165, 1.54) is 0 Å². The summed E-state index contributed by atoms with van der Waals surface area (Å²) in [5, 5.41) is 6.38. The van der Waals surface area contributed by atoms with Crippen LogP contribution >= 0.6 is 15.9 Å². The monoisotopic (exact) mass is 354 g/mol. The number of methoxy groups -OCH3 is 1. The number of amides is 1. The second kappa shape index (κ2) is 6.90. The van der Waals surface area contributed by atoms with Crippen molar-refractivity contribution < 1.29 is 9.53 Å². The summed E-state index contributed by atoms with van der Waals surface area (Å²) < 4.78 is 6.41. The predicted octanol–water partition coefficient (Wildman–Crippen LogP) is 3.02. The third-order valence-electron chi connectivity index (χ3n) is 4.16. The topological polar surface area (TPSA) is 50.4 Å². The van der Waals surface area contributed by atoms with Gasteiger partial charge in [-0.15, -0.1) is 0 Å². The molecule has 4 nitrogen and oxygen atoms in total. The summed E-state index contributed by atoms with van der Waals surface area (Å²) in [4.78, 5) is 12.8. The molecule has 0 saturated carbocycles. The molecule has 1 amide bonds. The van der Waals surface area contributed by atoms with E-state index in [4.69, 9.17) is 4.74 Å². The molecule has 0 aliphatic carbocycles. The molecule has 0 unspecified atom stereocenters. The molecule has 2 N–H and O–H groups in total. The van der Waals surface area contributed by atoms with Crippen molar-refractivity contribution in [2.45, 2.75) is 26.7 Å². The number of piperidine rings is 1. The van der Waals surface area contributed by atoms with E-state index in [0.29, 0.717) is 6.61 Å². The number of benzene rings is 1. The number of hydrogen-bond donors (Lipinski definition) is 2. The van der Waals surface area contributed by atoms with Crippen molar-refractivity contribution in [1.29, 1.82) is 0 Å². The van der Waals surface area contributed by atoms with E-state index < -0.39 is 5.41 Å². The van der Waals surface area contributed by atoms with E-state index in [1.807, 2.05) is 26.0 Å². The molecule has 0 radical (unpaired) electrons. The van der Waals surface area contributed by atoms with E-state index in [0.717, 1.165) is 47.2 Å². The zero-order valence-corrected chi connectivity index (χ0v) is 14.5. The maximum atomic E-state index is 12.8. The molecule has 0 bridgehead atoms. The average Bonchev–Trinajstić information content (AvgIpc) is 2.46. The molecule has 1 aromatic rings. The highest BCUT2D eigenvalue weighted by Gasteiger charge is 2.39. The Labute approximate surface area is 134 Å². The van der Waals surface area contributed by atoms with Crippen LogP contribution in [0.15, 0.2) is 16.6 Å². The smallest absolute Gasteiger partial charge is 0.233 e. The Morgan fingerprint density at radius 1 is 1.33 bits per heavy atom. The number of carbonyl (C=O) groups excluding carboxylic acids is 1. The van der Waals surface area contributed by atoms with Crippen LogP contribution in [-0.2, 0) is 9.53 Å². The zero-order valence-electron chi connectivity index (χ0n) is 12.9. The predicted molar refractivity (Wildman–Crippen MR) is 88.7 cm³/mol. The van der Waals surface area contributed by atoms with Crippen molar-refractivity contribution in [3.8, 4) is 0 Å². The molecule has 1 fully saturated rings. The van der Waals surface area contributed by atoms with Crippen LogP contribution in [0.25, 0.3) is 0 Å². The van der Waals surface area contributed by atoms with Gasteiger partial charge in [0.15, 0.2) is 0 Å². The minimum absolute atomic E-state index is 0.0620. The first-order valence-corrected chi connectivity index (χ1v) is 8.06. The first kappa shape index (κ1) is 16.5. The van der Waals surface area contributed by atoms with Gasteiger partial charge in [0.25, 0.3) is 0 Å². The fourth-order valence-corrected chi connectivity index (χ4v) is 3.13. The lowest BCUT2D eigenvalue weighted by Crippen LogP contribution is -2.47. The van der Waals surface area contributed by atoms with Gasteiger partial charge in [0.2, 0.25) is 5.91 Å². The van der Waals surface area contributed by atoms with Gasteiger partial charge in [-0.05, 0) is 63.0 Å². The summed E-state index contributed by atoms with van der Waals surface area (Å²) in [6.07, 6.45) is 1.61. The molecular formula is C16H23BrN2O2. The zero-order chi connectivity index (χ0) is 15.5. The number of anilines is 1. The summed E-state index contributed by atoms with van der Waals surface area (Å²) in [6.45, 7) is 6.24. The highest BCUT2D eigenvalue weighted by Crippen LogP contribution is 2.32. The van der Waals surface area contributed by atoms with Crippen LogP contribution in [0.2, 0.25) is 0 Å². The van der Waals surface area contributed by atoms with Crippen LogP contribution < -0.4 is 10.6 Å². The second-order valence-corrected chi connectivity index (χ2v) is 6.63. The molecule has 21 heavy (non-hydrogen) atoms. The van der Waals surface area contributed by atoms with Crippen molar-refractivity contribution in [2.24, 2.45) is 5.41 Å². The molecule has 1 aliphatic heterocycles. The Bertz CT molecular complexity index is 496. The highest BCUT2D eigenvalue weighted by molar-refractivity contribution is 9.10. The SMILES string of the molecule is COCC1(C(=O)Nc2cc(C)c(Br)c(C)c2)CCNCC1. The second-order valence-electron chi connectivity index (χ2n) is 5.84. The summed E-state index contributed by atoms with van der Waals surface area (Å²) in [5.74, 6) is 0.0620. The molecule has 1 heterocycles. The number of nitrogens with one attached hydrogen (secondary N) is 2.